The second-order valence-electron chi connectivity index (χ2n) is 3.00. The van der Waals surface area contributed by atoms with Crippen LogP contribution in [0.5, 0.6) is 0 Å². The van der Waals surface area contributed by atoms with E-state index in [9.17, 15) is 4.79 Å². The summed E-state index contributed by atoms with van der Waals surface area (Å²) in [5, 5.41) is 4.17. The minimum atomic E-state index is 0.303. The molecule has 1 aromatic carbocycles. The van der Waals surface area contributed by atoms with Crippen molar-refractivity contribution in [1.82, 2.24) is 10.1 Å². The lowest BCUT2D eigenvalue weighted by molar-refractivity contribution is 0.112. The van der Waals surface area contributed by atoms with Gasteiger partial charge in [0.15, 0.2) is 12.1 Å². The van der Waals surface area contributed by atoms with Crippen molar-refractivity contribution < 1.29 is 9.32 Å². The van der Waals surface area contributed by atoms with Gasteiger partial charge in [0.25, 0.3) is 5.89 Å². The molecular formula is C10H7ClN2O2. The lowest BCUT2D eigenvalue weighted by Gasteiger charge is -1.99. The van der Waals surface area contributed by atoms with Gasteiger partial charge in [-0.3, -0.25) is 4.79 Å². The summed E-state index contributed by atoms with van der Waals surface area (Å²) in [4.78, 5) is 14.8. The summed E-state index contributed by atoms with van der Waals surface area (Å²) < 4.78 is 4.97. The molecule has 76 valence electrons. The Kier molecular flexibility index (Phi) is 2.51. The van der Waals surface area contributed by atoms with Gasteiger partial charge in [-0.1, -0.05) is 16.8 Å². The minimum Gasteiger partial charge on any atom is -0.334 e. The van der Waals surface area contributed by atoms with E-state index in [1.165, 1.54) is 0 Å². The highest BCUT2D eigenvalue weighted by Crippen LogP contribution is 2.24. The predicted molar refractivity (Wildman–Crippen MR) is 54.9 cm³/mol. The largest absolute Gasteiger partial charge is 0.334 e. The molecule has 0 unspecified atom stereocenters. The quantitative estimate of drug-likeness (QED) is 0.733. The zero-order chi connectivity index (χ0) is 10.8. The summed E-state index contributed by atoms with van der Waals surface area (Å²) in [6.45, 7) is 1.71. The van der Waals surface area contributed by atoms with E-state index in [0.29, 0.717) is 27.9 Å². The van der Waals surface area contributed by atoms with Gasteiger partial charge in [0.2, 0.25) is 0 Å². The number of hydrogen-bond donors (Lipinski definition) is 0. The standard InChI is InChI=1S/C10H7ClN2O2/c1-6-12-10(15-13-6)9-4-8(11)3-2-7(9)5-14/h2-5H,1H3. The van der Waals surface area contributed by atoms with Gasteiger partial charge >= 0.3 is 0 Å². The molecule has 4 nitrogen and oxygen atoms in total. The molecule has 0 atom stereocenters. The highest BCUT2D eigenvalue weighted by Gasteiger charge is 2.11. The van der Waals surface area contributed by atoms with Gasteiger partial charge in [-0.25, -0.2) is 0 Å². The lowest BCUT2D eigenvalue weighted by Crippen LogP contribution is -1.87. The van der Waals surface area contributed by atoms with Crippen LogP contribution in [0.3, 0.4) is 0 Å². The van der Waals surface area contributed by atoms with Crippen LogP contribution in [-0.2, 0) is 0 Å². The normalized spacial score (nSPS) is 10.3. The zero-order valence-corrected chi connectivity index (χ0v) is 8.65. The average molecular weight is 223 g/mol. The van der Waals surface area contributed by atoms with Gasteiger partial charge < -0.3 is 4.52 Å². The first kappa shape index (κ1) is 9.86. The Hall–Kier alpha value is -1.68. The van der Waals surface area contributed by atoms with Crippen molar-refractivity contribution in [2.24, 2.45) is 0 Å². The Morgan fingerprint density at radius 1 is 1.47 bits per heavy atom. The molecule has 0 aliphatic carbocycles. The molecule has 15 heavy (non-hydrogen) atoms. The molecule has 0 aliphatic rings. The maximum Gasteiger partial charge on any atom is 0.258 e. The maximum absolute atomic E-state index is 10.8. The third kappa shape index (κ3) is 1.89. The van der Waals surface area contributed by atoms with Crippen LogP contribution in [0.1, 0.15) is 16.2 Å². The molecule has 0 fully saturated rings. The van der Waals surface area contributed by atoms with Crippen molar-refractivity contribution in [1.29, 1.82) is 0 Å². The number of halogens is 1. The van der Waals surface area contributed by atoms with Crippen molar-refractivity contribution in [2.75, 3.05) is 0 Å². The molecule has 1 aromatic heterocycles. The van der Waals surface area contributed by atoms with E-state index in [1.807, 2.05) is 0 Å². The van der Waals surface area contributed by atoms with Gasteiger partial charge in [-0.05, 0) is 25.1 Å². The number of carbonyl (C=O) groups is 1. The second-order valence-corrected chi connectivity index (χ2v) is 3.43. The number of nitrogens with zero attached hydrogens (tertiary/aromatic N) is 2. The van der Waals surface area contributed by atoms with Crippen LogP contribution in [0.4, 0.5) is 0 Å². The molecule has 5 heteroatoms. The summed E-state index contributed by atoms with van der Waals surface area (Å²) in [5.74, 6) is 0.818. The molecule has 0 saturated heterocycles. The molecule has 2 rings (SSSR count). The maximum atomic E-state index is 10.8. The number of hydrogen-bond acceptors (Lipinski definition) is 4. The first-order chi connectivity index (χ1) is 7.20. The number of rotatable bonds is 2. The summed E-state index contributed by atoms with van der Waals surface area (Å²) in [7, 11) is 0. The Labute approximate surface area is 90.9 Å². The molecule has 0 radical (unpaired) electrons. The lowest BCUT2D eigenvalue weighted by atomic mass is 10.1. The summed E-state index contributed by atoms with van der Waals surface area (Å²) >= 11 is 5.82. The smallest absolute Gasteiger partial charge is 0.258 e. The van der Waals surface area contributed by atoms with Gasteiger partial charge in [0.1, 0.15) is 0 Å². The Morgan fingerprint density at radius 3 is 2.87 bits per heavy atom. The van der Waals surface area contributed by atoms with Crippen molar-refractivity contribution in [3.8, 4) is 11.5 Å². The number of aromatic nitrogens is 2. The van der Waals surface area contributed by atoms with E-state index in [2.05, 4.69) is 10.1 Å². The van der Waals surface area contributed by atoms with Crippen LogP contribution in [0.15, 0.2) is 22.7 Å². The third-order valence-corrected chi connectivity index (χ3v) is 2.14. The van der Waals surface area contributed by atoms with Crippen molar-refractivity contribution in [3.05, 3.63) is 34.6 Å². The number of aryl methyl sites for hydroxylation is 1. The average Bonchev–Trinajstić information content (AvgIpc) is 2.65. The van der Waals surface area contributed by atoms with Crippen molar-refractivity contribution >= 4 is 17.9 Å². The summed E-state index contributed by atoms with van der Waals surface area (Å²) in [5.41, 5.74) is 1.03. The topological polar surface area (TPSA) is 56.0 Å². The fraction of sp³-hybridized carbons (Fsp3) is 0.100. The Bertz CT molecular complexity index is 508. The third-order valence-electron chi connectivity index (χ3n) is 1.90. The predicted octanol–water partition coefficient (Wildman–Crippen LogP) is 2.51. The second kappa shape index (κ2) is 3.82. The van der Waals surface area contributed by atoms with E-state index in [4.69, 9.17) is 16.1 Å². The SMILES string of the molecule is Cc1noc(-c2cc(Cl)ccc2C=O)n1. The highest BCUT2D eigenvalue weighted by molar-refractivity contribution is 6.31. The summed E-state index contributed by atoms with van der Waals surface area (Å²) in [6.07, 6.45) is 0.727. The first-order valence-electron chi connectivity index (χ1n) is 4.26. The van der Waals surface area contributed by atoms with Crippen LogP contribution in [-0.4, -0.2) is 16.4 Å². The van der Waals surface area contributed by atoms with E-state index >= 15 is 0 Å². The van der Waals surface area contributed by atoms with E-state index in [1.54, 1.807) is 25.1 Å². The van der Waals surface area contributed by atoms with Crippen molar-refractivity contribution in [2.45, 2.75) is 6.92 Å². The first-order valence-corrected chi connectivity index (χ1v) is 4.64. The van der Waals surface area contributed by atoms with E-state index in [0.717, 1.165) is 6.29 Å². The van der Waals surface area contributed by atoms with Crippen LogP contribution in [0.25, 0.3) is 11.5 Å². The molecule has 0 amide bonds. The minimum absolute atomic E-state index is 0.303. The van der Waals surface area contributed by atoms with Crippen LogP contribution < -0.4 is 0 Å². The molecule has 0 saturated carbocycles. The molecule has 0 spiro atoms. The van der Waals surface area contributed by atoms with Gasteiger partial charge in [0, 0.05) is 10.6 Å². The van der Waals surface area contributed by atoms with Crippen LogP contribution >= 0.6 is 11.6 Å². The van der Waals surface area contributed by atoms with Crippen LogP contribution in [0, 0.1) is 6.92 Å². The molecule has 0 bridgehead atoms. The van der Waals surface area contributed by atoms with Gasteiger partial charge in [0.05, 0.1) is 5.56 Å². The van der Waals surface area contributed by atoms with Crippen molar-refractivity contribution in [3.63, 3.8) is 0 Å². The molecule has 2 aromatic rings. The Balaban J connectivity index is 2.59. The number of benzene rings is 1. The molecule has 0 N–H and O–H groups in total. The van der Waals surface area contributed by atoms with Gasteiger partial charge in [-0.15, -0.1) is 0 Å². The molecule has 1 heterocycles. The fourth-order valence-corrected chi connectivity index (χ4v) is 1.40. The Morgan fingerprint density at radius 2 is 2.27 bits per heavy atom. The molecule has 0 aliphatic heterocycles. The zero-order valence-electron chi connectivity index (χ0n) is 7.90. The number of aldehydes is 1. The monoisotopic (exact) mass is 222 g/mol. The van der Waals surface area contributed by atoms with Crippen LogP contribution in [0.2, 0.25) is 5.02 Å². The van der Waals surface area contributed by atoms with Gasteiger partial charge in [-0.2, -0.15) is 4.98 Å². The fourth-order valence-electron chi connectivity index (χ4n) is 1.22. The summed E-state index contributed by atoms with van der Waals surface area (Å²) in [6, 6.07) is 4.88. The highest BCUT2D eigenvalue weighted by atomic mass is 35.5. The number of carbonyl (C=O) groups excluding carboxylic acids is 1. The molecular weight excluding hydrogens is 216 g/mol. The van der Waals surface area contributed by atoms with E-state index < -0.39 is 0 Å². The van der Waals surface area contributed by atoms with E-state index in [-0.39, 0.29) is 0 Å².